The molecule has 0 saturated carbocycles. The third kappa shape index (κ3) is 2.49. The second-order valence-electron chi connectivity index (χ2n) is 5.48. The van der Waals surface area contributed by atoms with Crippen LogP contribution in [0.15, 0.2) is 70.9 Å². The van der Waals surface area contributed by atoms with Crippen LogP contribution in [0.4, 0.5) is 0 Å². The summed E-state index contributed by atoms with van der Waals surface area (Å²) in [6.45, 7) is 0. The Balaban J connectivity index is 1.80. The van der Waals surface area contributed by atoms with Crippen molar-refractivity contribution in [2.45, 2.75) is 0 Å². The standard InChI is InChI=1S/C19H15N3OS/c1-22-16-8-4-5-9-18(16)24-19(22)21-20-12-15-14-7-3-2-6-13(14)10-11-17(15)23/h2-12,23H,1H3/b20-12+,21-19?. The number of thiazole rings is 1. The highest BCUT2D eigenvalue weighted by Crippen LogP contribution is 2.25. The van der Waals surface area contributed by atoms with Crippen LogP contribution in [0.25, 0.3) is 21.0 Å². The average Bonchev–Trinajstić information content (AvgIpc) is 2.93. The van der Waals surface area contributed by atoms with Crippen LogP contribution >= 0.6 is 11.3 Å². The largest absolute Gasteiger partial charge is 0.507 e. The molecule has 118 valence electrons. The van der Waals surface area contributed by atoms with Crippen molar-refractivity contribution in [3.8, 4) is 5.75 Å². The van der Waals surface area contributed by atoms with E-state index in [0.717, 1.165) is 21.1 Å². The number of rotatable bonds is 2. The van der Waals surface area contributed by atoms with E-state index in [9.17, 15) is 5.11 Å². The lowest BCUT2D eigenvalue weighted by Gasteiger charge is -2.03. The predicted molar refractivity (Wildman–Crippen MR) is 99.6 cm³/mol. The van der Waals surface area contributed by atoms with Gasteiger partial charge < -0.3 is 9.67 Å². The molecule has 4 rings (SSSR count). The zero-order valence-electron chi connectivity index (χ0n) is 13.0. The lowest BCUT2D eigenvalue weighted by molar-refractivity contribution is 0.475. The summed E-state index contributed by atoms with van der Waals surface area (Å²) < 4.78 is 3.18. The third-order valence-electron chi connectivity index (χ3n) is 3.99. The fourth-order valence-electron chi connectivity index (χ4n) is 2.73. The van der Waals surface area contributed by atoms with E-state index >= 15 is 0 Å². The zero-order chi connectivity index (χ0) is 16.5. The minimum absolute atomic E-state index is 0.202. The van der Waals surface area contributed by atoms with Crippen LogP contribution in [0.1, 0.15) is 5.56 Å². The summed E-state index contributed by atoms with van der Waals surface area (Å²) in [6, 6.07) is 19.6. The number of aryl methyl sites for hydroxylation is 1. The highest BCUT2D eigenvalue weighted by molar-refractivity contribution is 7.16. The SMILES string of the molecule is Cn1c(=N/N=C/c2c(O)ccc3ccccc23)sc2ccccc21. The molecule has 4 nitrogen and oxygen atoms in total. The molecule has 0 bridgehead atoms. The number of benzene rings is 3. The molecule has 0 spiro atoms. The molecule has 0 aliphatic heterocycles. The normalized spacial score (nSPS) is 12.6. The van der Waals surface area contributed by atoms with Crippen molar-refractivity contribution in [3.63, 3.8) is 0 Å². The Morgan fingerprint density at radius 3 is 2.67 bits per heavy atom. The molecule has 0 unspecified atom stereocenters. The Bertz CT molecular complexity index is 1140. The number of aromatic nitrogens is 1. The number of hydrogen-bond acceptors (Lipinski definition) is 4. The van der Waals surface area contributed by atoms with Gasteiger partial charge in [-0.15, -0.1) is 5.10 Å². The Morgan fingerprint density at radius 2 is 1.79 bits per heavy atom. The van der Waals surface area contributed by atoms with Crippen LogP contribution in [0.3, 0.4) is 0 Å². The smallest absolute Gasteiger partial charge is 0.211 e. The first-order chi connectivity index (χ1) is 11.7. The van der Waals surface area contributed by atoms with Crippen molar-refractivity contribution in [1.29, 1.82) is 0 Å². The van der Waals surface area contributed by atoms with E-state index in [1.807, 2.05) is 54.1 Å². The number of aromatic hydroxyl groups is 1. The van der Waals surface area contributed by atoms with Gasteiger partial charge in [0.25, 0.3) is 0 Å². The second-order valence-corrected chi connectivity index (χ2v) is 6.48. The first-order valence-corrected chi connectivity index (χ1v) is 8.38. The number of hydrogen-bond donors (Lipinski definition) is 1. The number of para-hydroxylation sites is 1. The van der Waals surface area contributed by atoms with E-state index in [2.05, 4.69) is 22.3 Å². The Labute approximate surface area is 142 Å². The quantitative estimate of drug-likeness (QED) is 0.437. The summed E-state index contributed by atoms with van der Waals surface area (Å²) in [6.07, 6.45) is 1.61. The molecule has 1 N–H and O–H groups in total. The van der Waals surface area contributed by atoms with Gasteiger partial charge in [-0.25, -0.2) is 0 Å². The maximum absolute atomic E-state index is 10.1. The van der Waals surface area contributed by atoms with Gasteiger partial charge in [-0.05, 0) is 29.0 Å². The highest BCUT2D eigenvalue weighted by Gasteiger charge is 2.04. The summed E-state index contributed by atoms with van der Waals surface area (Å²) in [5.74, 6) is 0.202. The average molecular weight is 333 g/mol. The molecule has 1 heterocycles. The van der Waals surface area contributed by atoms with Crippen LogP contribution in [-0.4, -0.2) is 15.9 Å². The highest BCUT2D eigenvalue weighted by atomic mass is 32.1. The van der Waals surface area contributed by atoms with Crippen LogP contribution in [0, 0.1) is 0 Å². The van der Waals surface area contributed by atoms with Gasteiger partial charge in [0.2, 0.25) is 4.80 Å². The van der Waals surface area contributed by atoms with Crippen molar-refractivity contribution in [2.24, 2.45) is 17.3 Å². The van der Waals surface area contributed by atoms with Gasteiger partial charge in [-0.2, -0.15) is 5.10 Å². The van der Waals surface area contributed by atoms with Gasteiger partial charge in [-0.1, -0.05) is 53.8 Å². The molecule has 4 aromatic rings. The molecule has 0 radical (unpaired) electrons. The van der Waals surface area contributed by atoms with Gasteiger partial charge in [-0.3, -0.25) is 0 Å². The molecule has 24 heavy (non-hydrogen) atoms. The molecule has 3 aromatic carbocycles. The fraction of sp³-hybridized carbons (Fsp3) is 0.0526. The molecule has 0 fully saturated rings. The van der Waals surface area contributed by atoms with E-state index in [0.29, 0.717) is 5.56 Å². The lowest BCUT2D eigenvalue weighted by Crippen LogP contribution is -2.08. The molecular weight excluding hydrogens is 318 g/mol. The second kappa shape index (κ2) is 5.94. The summed E-state index contributed by atoms with van der Waals surface area (Å²) >= 11 is 1.59. The number of nitrogens with zero attached hydrogens (tertiary/aromatic N) is 3. The Kier molecular flexibility index (Phi) is 3.63. The predicted octanol–water partition coefficient (Wildman–Crippen LogP) is 4.03. The minimum atomic E-state index is 0.202. The van der Waals surface area contributed by atoms with Crippen LogP contribution in [0.2, 0.25) is 0 Å². The van der Waals surface area contributed by atoms with E-state index < -0.39 is 0 Å². The monoisotopic (exact) mass is 333 g/mol. The van der Waals surface area contributed by atoms with E-state index in [1.165, 1.54) is 4.70 Å². The number of phenols is 1. The molecule has 1 aromatic heterocycles. The van der Waals surface area contributed by atoms with Crippen molar-refractivity contribution in [3.05, 3.63) is 71.0 Å². The molecule has 0 aliphatic carbocycles. The van der Waals surface area contributed by atoms with Crippen LogP contribution in [-0.2, 0) is 7.05 Å². The first kappa shape index (κ1) is 14.7. The third-order valence-corrected chi connectivity index (χ3v) is 5.10. The summed E-state index contributed by atoms with van der Waals surface area (Å²) in [4.78, 5) is 0.812. The molecule has 0 aliphatic rings. The van der Waals surface area contributed by atoms with Gasteiger partial charge >= 0.3 is 0 Å². The van der Waals surface area contributed by atoms with Gasteiger partial charge in [0, 0.05) is 12.6 Å². The fourth-order valence-corrected chi connectivity index (χ4v) is 3.71. The lowest BCUT2D eigenvalue weighted by atomic mass is 10.0. The molecule has 5 heteroatoms. The zero-order valence-corrected chi connectivity index (χ0v) is 13.9. The van der Waals surface area contributed by atoms with Crippen molar-refractivity contribution >= 4 is 38.5 Å². The Hall–Kier alpha value is -2.92. The molecule has 0 amide bonds. The summed E-state index contributed by atoms with van der Waals surface area (Å²) in [7, 11) is 1.97. The first-order valence-electron chi connectivity index (χ1n) is 7.56. The van der Waals surface area contributed by atoms with Gasteiger partial charge in [0.15, 0.2) is 0 Å². The number of fused-ring (bicyclic) bond motifs is 2. The molecule has 0 atom stereocenters. The van der Waals surface area contributed by atoms with E-state index in [4.69, 9.17) is 0 Å². The minimum Gasteiger partial charge on any atom is -0.507 e. The van der Waals surface area contributed by atoms with Crippen LogP contribution in [0.5, 0.6) is 5.75 Å². The van der Waals surface area contributed by atoms with Crippen molar-refractivity contribution < 1.29 is 5.11 Å². The Morgan fingerprint density at radius 1 is 1.00 bits per heavy atom. The van der Waals surface area contributed by atoms with Crippen molar-refractivity contribution in [1.82, 2.24) is 4.57 Å². The molecule has 0 saturated heterocycles. The maximum Gasteiger partial charge on any atom is 0.211 e. The van der Waals surface area contributed by atoms with Gasteiger partial charge in [0.1, 0.15) is 5.75 Å². The van der Waals surface area contributed by atoms with Gasteiger partial charge in [0.05, 0.1) is 16.4 Å². The van der Waals surface area contributed by atoms with Crippen molar-refractivity contribution in [2.75, 3.05) is 0 Å². The molecular formula is C19H15N3OS. The maximum atomic E-state index is 10.1. The van der Waals surface area contributed by atoms with E-state index in [1.54, 1.807) is 23.6 Å². The topological polar surface area (TPSA) is 49.9 Å². The number of phenolic OH excluding ortho intramolecular Hbond substituents is 1. The summed E-state index contributed by atoms with van der Waals surface area (Å²) in [5.41, 5.74) is 1.81. The summed E-state index contributed by atoms with van der Waals surface area (Å²) in [5, 5.41) is 20.7. The van der Waals surface area contributed by atoms with E-state index in [-0.39, 0.29) is 5.75 Å². The van der Waals surface area contributed by atoms with Crippen LogP contribution < -0.4 is 4.80 Å².